The minimum atomic E-state index is -0.540. The first-order valence-corrected chi connectivity index (χ1v) is 13.3. The van der Waals surface area contributed by atoms with E-state index in [1.165, 1.54) is 12.1 Å². The van der Waals surface area contributed by atoms with Gasteiger partial charge in [-0.3, -0.25) is 4.79 Å². The number of carbonyl (C=O) groups excluding carboxylic acids is 2. The molecule has 0 spiro atoms. The van der Waals surface area contributed by atoms with Gasteiger partial charge in [-0.15, -0.1) is 0 Å². The Morgan fingerprint density at radius 3 is 2.33 bits per heavy atom. The summed E-state index contributed by atoms with van der Waals surface area (Å²) in [6.07, 6.45) is 0. The molecule has 1 aromatic heterocycles. The van der Waals surface area contributed by atoms with Gasteiger partial charge in [0.2, 0.25) is 0 Å². The summed E-state index contributed by atoms with van der Waals surface area (Å²) < 4.78 is 26.2. The van der Waals surface area contributed by atoms with Crippen molar-refractivity contribution in [2.24, 2.45) is 0 Å². The lowest BCUT2D eigenvalue weighted by Crippen LogP contribution is -2.50. The lowest BCUT2D eigenvalue weighted by molar-refractivity contribution is -0.133. The number of anilines is 1. The van der Waals surface area contributed by atoms with E-state index in [4.69, 9.17) is 21.1 Å². The number of halogens is 2. The highest BCUT2D eigenvalue weighted by Crippen LogP contribution is 2.28. The van der Waals surface area contributed by atoms with Gasteiger partial charge in [0.1, 0.15) is 11.6 Å². The van der Waals surface area contributed by atoms with Gasteiger partial charge < -0.3 is 19.3 Å². The van der Waals surface area contributed by atoms with Crippen LogP contribution in [0.4, 0.5) is 10.1 Å². The van der Waals surface area contributed by atoms with Crippen LogP contribution in [-0.2, 0) is 9.53 Å². The Morgan fingerprint density at radius 1 is 0.925 bits per heavy atom. The Balaban J connectivity index is 1.25. The normalized spacial score (nSPS) is 13.3. The molecule has 40 heavy (non-hydrogen) atoms. The Kier molecular flexibility index (Phi) is 8.31. The number of aromatic nitrogens is 2. The number of rotatable bonds is 8. The van der Waals surface area contributed by atoms with E-state index in [1.54, 1.807) is 59.0 Å². The SMILES string of the molecule is CCOC(=O)c1cc(-c2ccc(N3CCN(C(=O)COc4ccc(Cl)cc4)CC3)cc2)n(-c2cccc(F)c2)n1. The number of hydrogen-bond acceptors (Lipinski definition) is 6. The van der Waals surface area contributed by atoms with Gasteiger partial charge in [-0.1, -0.05) is 29.8 Å². The second-order valence-corrected chi connectivity index (χ2v) is 9.62. The first-order chi connectivity index (χ1) is 19.4. The Labute approximate surface area is 236 Å². The monoisotopic (exact) mass is 562 g/mol. The van der Waals surface area contributed by atoms with Crippen molar-refractivity contribution in [3.8, 4) is 22.7 Å². The summed E-state index contributed by atoms with van der Waals surface area (Å²) in [6, 6.07) is 22.5. The zero-order chi connectivity index (χ0) is 28.1. The van der Waals surface area contributed by atoms with Crippen molar-refractivity contribution in [2.75, 3.05) is 44.3 Å². The van der Waals surface area contributed by atoms with Gasteiger partial charge in [0.25, 0.3) is 5.91 Å². The third kappa shape index (κ3) is 6.26. The molecule has 0 atom stereocenters. The largest absolute Gasteiger partial charge is 0.484 e. The molecular formula is C30H28ClFN4O4. The van der Waals surface area contributed by atoms with Gasteiger partial charge in [0.05, 0.1) is 18.0 Å². The third-order valence-electron chi connectivity index (χ3n) is 6.58. The van der Waals surface area contributed by atoms with E-state index in [0.717, 1.165) is 11.3 Å². The van der Waals surface area contributed by atoms with Crippen molar-refractivity contribution in [1.29, 1.82) is 0 Å². The summed E-state index contributed by atoms with van der Waals surface area (Å²) in [5.74, 6) is -0.403. The second kappa shape index (κ2) is 12.2. The first kappa shape index (κ1) is 27.2. The molecule has 5 rings (SSSR count). The van der Waals surface area contributed by atoms with Crippen LogP contribution in [0.25, 0.3) is 16.9 Å². The maximum Gasteiger partial charge on any atom is 0.358 e. The van der Waals surface area contributed by atoms with Crippen LogP contribution in [0, 0.1) is 5.82 Å². The highest BCUT2D eigenvalue weighted by Gasteiger charge is 2.22. The van der Waals surface area contributed by atoms with Gasteiger partial charge in [0.15, 0.2) is 12.3 Å². The number of amides is 1. The first-order valence-electron chi connectivity index (χ1n) is 13.0. The van der Waals surface area contributed by atoms with Crippen LogP contribution in [0.15, 0.2) is 78.9 Å². The summed E-state index contributed by atoms with van der Waals surface area (Å²) in [5.41, 5.74) is 3.10. The number of hydrogen-bond donors (Lipinski definition) is 0. The highest BCUT2D eigenvalue weighted by atomic mass is 35.5. The van der Waals surface area contributed by atoms with E-state index in [0.29, 0.717) is 48.3 Å². The van der Waals surface area contributed by atoms with Crippen LogP contribution in [-0.4, -0.2) is 65.9 Å². The zero-order valence-corrected chi connectivity index (χ0v) is 22.7. The second-order valence-electron chi connectivity index (χ2n) is 9.18. The number of benzene rings is 3. The van der Waals surface area contributed by atoms with Crippen LogP contribution in [0.2, 0.25) is 5.02 Å². The predicted octanol–water partition coefficient (Wildman–Crippen LogP) is 5.24. The number of ether oxygens (including phenoxy) is 2. The molecule has 4 aromatic rings. The van der Waals surface area contributed by atoms with Crippen molar-refractivity contribution < 1.29 is 23.5 Å². The van der Waals surface area contributed by atoms with E-state index in [2.05, 4.69) is 10.00 Å². The zero-order valence-electron chi connectivity index (χ0n) is 21.9. The Morgan fingerprint density at radius 2 is 1.65 bits per heavy atom. The molecule has 0 aliphatic carbocycles. The van der Waals surface area contributed by atoms with Crippen molar-refractivity contribution >= 4 is 29.2 Å². The van der Waals surface area contributed by atoms with Crippen molar-refractivity contribution in [2.45, 2.75) is 6.92 Å². The summed E-state index contributed by atoms with van der Waals surface area (Å²) in [4.78, 5) is 29.0. The summed E-state index contributed by atoms with van der Waals surface area (Å²) in [7, 11) is 0. The fourth-order valence-electron chi connectivity index (χ4n) is 4.52. The molecule has 1 amide bonds. The molecule has 0 bridgehead atoms. The molecule has 10 heteroatoms. The molecule has 1 aliphatic heterocycles. The van der Waals surface area contributed by atoms with E-state index in [9.17, 15) is 14.0 Å². The molecule has 2 heterocycles. The summed E-state index contributed by atoms with van der Waals surface area (Å²) in [5, 5.41) is 5.02. The number of esters is 1. The molecule has 0 radical (unpaired) electrons. The van der Waals surface area contributed by atoms with Crippen molar-refractivity contribution in [3.05, 3.63) is 95.4 Å². The minimum absolute atomic E-state index is 0.0247. The summed E-state index contributed by atoms with van der Waals surface area (Å²) in [6.45, 7) is 4.46. The third-order valence-corrected chi connectivity index (χ3v) is 6.84. The molecule has 8 nitrogen and oxygen atoms in total. The molecule has 0 unspecified atom stereocenters. The van der Waals surface area contributed by atoms with Crippen LogP contribution < -0.4 is 9.64 Å². The molecule has 206 valence electrons. The standard InChI is InChI=1S/C30H28ClFN4O4/c1-2-39-30(38)27-19-28(36(33-27)25-5-3-4-23(32)18-25)21-6-10-24(11-7-21)34-14-16-35(17-15-34)29(37)20-40-26-12-8-22(31)9-13-26/h3-13,18-19H,2,14-17,20H2,1H3. The van der Waals surface area contributed by atoms with Crippen LogP contribution >= 0.6 is 11.6 Å². The summed E-state index contributed by atoms with van der Waals surface area (Å²) >= 11 is 5.89. The number of piperazine rings is 1. The van der Waals surface area contributed by atoms with Gasteiger partial charge in [-0.05, 0) is 67.6 Å². The quantitative estimate of drug-likeness (QED) is 0.274. The molecule has 1 fully saturated rings. The van der Waals surface area contributed by atoms with E-state index >= 15 is 0 Å². The topological polar surface area (TPSA) is 76.9 Å². The average molecular weight is 563 g/mol. The van der Waals surface area contributed by atoms with E-state index in [1.807, 2.05) is 24.3 Å². The maximum absolute atomic E-state index is 14.0. The van der Waals surface area contributed by atoms with Crippen molar-refractivity contribution in [1.82, 2.24) is 14.7 Å². The van der Waals surface area contributed by atoms with Crippen molar-refractivity contribution in [3.63, 3.8) is 0 Å². The van der Waals surface area contributed by atoms with Gasteiger partial charge in [0, 0.05) is 42.5 Å². The average Bonchev–Trinajstić information content (AvgIpc) is 3.43. The molecule has 0 saturated carbocycles. The molecular weight excluding hydrogens is 535 g/mol. The molecule has 1 aliphatic rings. The van der Waals surface area contributed by atoms with Gasteiger partial charge in [-0.2, -0.15) is 5.10 Å². The highest BCUT2D eigenvalue weighted by molar-refractivity contribution is 6.30. The Hall–Kier alpha value is -4.37. The lowest BCUT2D eigenvalue weighted by atomic mass is 10.1. The van der Waals surface area contributed by atoms with Crippen LogP contribution in [0.3, 0.4) is 0 Å². The molecule has 0 N–H and O–H groups in total. The fraction of sp³-hybridized carbons (Fsp3) is 0.233. The lowest BCUT2D eigenvalue weighted by Gasteiger charge is -2.36. The number of carbonyl (C=O) groups is 2. The molecule has 1 saturated heterocycles. The van der Waals surface area contributed by atoms with Crippen LogP contribution in [0.1, 0.15) is 17.4 Å². The Bertz CT molecular complexity index is 1480. The minimum Gasteiger partial charge on any atom is -0.484 e. The fourth-order valence-corrected chi connectivity index (χ4v) is 4.65. The predicted molar refractivity (Wildman–Crippen MR) is 151 cm³/mol. The molecule has 3 aromatic carbocycles. The van der Waals surface area contributed by atoms with E-state index in [-0.39, 0.29) is 24.8 Å². The smallest absolute Gasteiger partial charge is 0.358 e. The maximum atomic E-state index is 14.0. The van der Waals surface area contributed by atoms with Crippen LogP contribution in [0.5, 0.6) is 5.75 Å². The number of nitrogens with zero attached hydrogens (tertiary/aromatic N) is 4. The van der Waals surface area contributed by atoms with Gasteiger partial charge >= 0.3 is 5.97 Å². The van der Waals surface area contributed by atoms with E-state index < -0.39 is 11.8 Å². The van der Waals surface area contributed by atoms with Gasteiger partial charge in [-0.25, -0.2) is 13.9 Å².